The molecule has 0 aliphatic rings. The smallest absolute Gasteiger partial charge is 0.0354 e. The second-order valence-electron chi connectivity index (χ2n) is 4.53. The van der Waals surface area contributed by atoms with Gasteiger partial charge < -0.3 is 5.32 Å². The molecule has 2 aromatic carbocycles. The van der Waals surface area contributed by atoms with Crippen LogP contribution in [0.5, 0.6) is 0 Å². The Morgan fingerprint density at radius 3 is 2.56 bits per heavy atom. The zero-order valence-electron chi connectivity index (χ0n) is 10.6. The second kappa shape index (κ2) is 6.60. The van der Waals surface area contributed by atoms with Crippen LogP contribution in [0, 0.1) is 6.92 Å². The highest BCUT2D eigenvalue weighted by molar-refractivity contribution is 9.10. The summed E-state index contributed by atoms with van der Waals surface area (Å²) in [5, 5.41) is 3.47. The van der Waals surface area contributed by atoms with E-state index in [1.807, 2.05) is 0 Å². The topological polar surface area (TPSA) is 12.0 Å². The Bertz CT molecular complexity index is 473. The van der Waals surface area contributed by atoms with Crippen molar-refractivity contribution in [1.29, 1.82) is 0 Å². The van der Waals surface area contributed by atoms with Gasteiger partial charge in [0, 0.05) is 16.7 Å². The predicted molar refractivity (Wildman–Crippen MR) is 82.1 cm³/mol. The van der Waals surface area contributed by atoms with Gasteiger partial charge in [-0.05, 0) is 49.1 Å². The molecule has 0 bridgehead atoms. The zero-order valence-corrected chi connectivity index (χ0v) is 12.2. The third kappa shape index (κ3) is 4.19. The summed E-state index contributed by atoms with van der Waals surface area (Å²) >= 11 is 3.52. The number of rotatable bonds is 5. The van der Waals surface area contributed by atoms with Gasteiger partial charge in [0.25, 0.3) is 0 Å². The average molecular weight is 304 g/mol. The maximum absolute atomic E-state index is 3.52. The van der Waals surface area contributed by atoms with E-state index in [2.05, 4.69) is 76.7 Å². The quantitative estimate of drug-likeness (QED) is 0.782. The van der Waals surface area contributed by atoms with E-state index in [1.165, 1.54) is 16.8 Å². The van der Waals surface area contributed by atoms with Crippen molar-refractivity contribution in [3.63, 3.8) is 0 Å². The van der Waals surface area contributed by atoms with Crippen molar-refractivity contribution >= 4 is 21.6 Å². The molecule has 2 aromatic rings. The minimum absolute atomic E-state index is 1.00. The monoisotopic (exact) mass is 303 g/mol. The number of anilines is 1. The molecule has 0 saturated heterocycles. The lowest BCUT2D eigenvalue weighted by atomic mass is 10.1. The highest BCUT2D eigenvalue weighted by atomic mass is 79.9. The Morgan fingerprint density at radius 2 is 1.83 bits per heavy atom. The number of aryl methyl sites for hydroxylation is 2. The van der Waals surface area contributed by atoms with E-state index in [9.17, 15) is 0 Å². The van der Waals surface area contributed by atoms with Crippen molar-refractivity contribution in [2.45, 2.75) is 19.8 Å². The molecular formula is C16H18BrN. The number of halogens is 1. The van der Waals surface area contributed by atoms with Crippen LogP contribution in [0.4, 0.5) is 5.69 Å². The van der Waals surface area contributed by atoms with Crippen LogP contribution in [-0.4, -0.2) is 6.54 Å². The standard InChI is InChI=1S/C16H18BrN/c1-13-10-15(17)12-16(11-13)18-9-5-8-14-6-3-2-4-7-14/h2-4,6-7,10-12,18H,5,8-9H2,1H3. The van der Waals surface area contributed by atoms with Gasteiger partial charge in [-0.3, -0.25) is 0 Å². The van der Waals surface area contributed by atoms with Crippen LogP contribution in [0.2, 0.25) is 0 Å². The van der Waals surface area contributed by atoms with Gasteiger partial charge in [0.2, 0.25) is 0 Å². The number of hydrogen-bond donors (Lipinski definition) is 1. The molecule has 18 heavy (non-hydrogen) atoms. The molecule has 0 amide bonds. The van der Waals surface area contributed by atoms with Crippen molar-refractivity contribution in [2.75, 3.05) is 11.9 Å². The molecule has 0 atom stereocenters. The van der Waals surface area contributed by atoms with Crippen LogP contribution >= 0.6 is 15.9 Å². The van der Waals surface area contributed by atoms with Crippen molar-refractivity contribution < 1.29 is 0 Å². The van der Waals surface area contributed by atoms with Gasteiger partial charge in [0.15, 0.2) is 0 Å². The fraction of sp³-hybridized carbons (Fsp3) is 0.250. The molecule has 94 valence electrons. The molecule has 0 aliphatic heterocycles. The summed E-state index contributed by atoms with van der Waals surface area (Å²) in [6.07, 6.45) is 2.27. The molecule has 0 saturated carbocycles. The first-order valence-electron chi connectivity index (χ1n) is 6.29. The molecule has 0 spiro atoms. The summed E-state index contributed by atoms with van der Waals surface area (Å²) in [7, 11) is 0. The van der Waals surface area contributed by atoms with Crippen LogP contribution in [-0.2, 0) is 6.42 Å². The van der Waals surface area contributed by atoms with Gasteiger partial charge in [-0.25, -0.2) is 0 Å². The number of nitrogens with one attached hydrogen (secondary N) is 1. The average Bonchev–Trinajstić information content (AvgIpc) is 2.35. The molecule has 0 aliphatic carbocycles. The maximum atomic E-state index is 3.52. The van der Waals surface area contributed by atoms with E-state index in [-0.39, 0.29) is 0 Å². The molecule has 0 radical (unpaired) electrons. The summed E-state index contributed by atoms with van der Waals surface area (Å²) in [4.78, 5) is 0. The van der Waals surface area contributed by atoms with E-state index in [0.717, 1.165) is 23.9 Å². The number of benzene rings is 2. The van der Waals surface area contributed by atoms with Crippen molar-refractivity contribution in [1.82, 2.24) is 0 Å². The summed E-state index contributed by atoms with van der Waals surface area (Å²) in [6.45, 7) is 3.12. The Labute approximate surface area is 117 Å². The van der Waals surface area contributed by atoms with Crippen LogP contribution in [0.1, 0.15) is 17.5 Å². The Morgan fingerprint density at radius 1 is 1.06 bits per heavy atom. The van der Waals surface area contributed by atoms with Crippen LogP contribution in [0.3, 0.4) is 0 Å². The molecule has 0 unspecified atom stereocenters. The third-order valence-electron chi connectivity index (χ3n) is 2.86. The summed E-state index contributed by atoms with van der Waals surface area (Å²) in [6, 6.07) is 17.0. The summed E-state index contributed by atoms with van der Waals surface area (Å²) < 4.78 is 1.13. The first kappa shape index (κ1) is 13.2. The largest absolute Gasteiger partial charge is 0.385 e. The summed E-state index contributed by atoms with van der Waals surface area (Å²) in [5.41, 5.74) is 3.87. The van der Waals surface area contributed by atoms with E-state index in [0.29, 0.717) is 0 Å². The lowest BCUT2D eigenvalue weighted by Gasteiger charge is -2.08. The molecule has 2 rings (SSSR count). The maximum Gasteiger partial charge on any atom is 0.0354 e. The van der Waals surface area contributed by atoms with Crippen LogP contribution in [0.15, 0.2) is 53.0 Å². The van der Waals surface area contributed by atoms with Crippen LogP contribution in [0.25, 0.3) is 0 Å². The van der Waals surface area contributed by atoms with E-state index < -0.39 is 0 Å². The van der Waals surface area contributed by atoms with Gasteiger partial charge in [-0.2, -0.15) is 0 Å². The predicted octanol–water partition coefficient (Wildman–Crippen LogP) is 4.80. The number of hydrogen-bond acceptors (Lipinski definition) is 1. The van der Waals surface area contributed by atoms with Crippen molar-refractivity contribution in [2.24, 2.45) is 0 Å². The van der Waals surface area contributed by atoms with Gasteiger partial charge in [-0.15, -0.1) is 0 Å². The molecule has 2 heteroatoms. The van der Waals surface area contributed by atoms with Gasteiger partial charge >= 0.3 is 0 Å². The minimum Gasteiger partial charge on any atom is -0.385 e. The Hall–Kier alpha value is -1.28. The summed E-state index contributed by atoms with van der Waals surface area (Å²) in [5.74, 6) is 0. The van der Waals surface area contributed by atoms with Crippen LogP contribution < -0.4 is 5.32 Å². The molecular weight excluding hydrogens is 286 g/mol. The molecule has 0 fully saturated rings. The Balaban J connectivity index is 1.78. The Kier molecular flexibility index (Phi) is 4.82. The van der Waals surface area contributed by atoms with E-state index >= 15 is 0 Å². The fourth-order valence-electron chi connectivity index (χ4n) is 2.01. The normalized spacial score (nSPS) is 10.3. The van der Waals surface area contributed by atoms with Gasteiger partial charge in [-0.1, -0.05) is 46.3 Å². The fourth-order valence-corrected chi connectivity index (χ4v) is 2.62. The van der Waals surface area contributed by atoms with E-state index in [4.69, 9.17) is 0 Å². The SMILES string of the molecule is Cc1cc(Br)cc(NCCCc2ccccc2)c1. The van der Waals surface area contributed by atoms with E-state index in [1.54, 1.807) is 0 Å². The lowest BCUT2D eigenvalue weighted by Crippen LogP contribution is -2.03. The minimum atomic E-state index is 1.00. The van der Waals surface area contributed by atoms with Gasteiger partial charge in [0.1, 0.15) is 0 Å². The molecule has 0 heterocycles. The zero-order chi connectivity index (χ0) is 12.8. The lowest BCUT2D eigenvalue weighted by molar-refractivity contribution is 0.863. The van der Waals surface area contributed by atoms with Crippen molar-refractivity contribution in [3.8, 4) is 0 Å². The van der Waals surface area contributed by atoms with Crippen molar-refractivity contribution in [3.05, 3.63) is 64.1 Å². The highest BCUT2D eigenvalue weighted by Crippen LogP contribution is 2.19. The molecule has 0 aromatic heterocycles. The third-order valence-corrected chi connectivity index (χ3v) is 3.31. The first-order valence-corrected chi connectivity index (χ1v) is 7.08. The molecule has 1 N–H and O–H groups in total. The first-order chi connectivity index (χ1) is 8.74. The molecule has 1 nitrogen and oxygen atoms in total. The van der Waals surface area contributed by atoms with Gasteiger partial charge in [0.05, 0.1) is 0 Å². The highest BCUT2D eigenvalue weighted by Gasteiger charge is 1.96. The second-order valence-corrected chi connectivity index (χ2v) is 5.45.